The SMILES string of the molecule is CCCCCCC#CCC(O)C(C)C. The zero-order chi connectivity index (χ0) is 10.8. The molecule has 1 atom stereocenters. The highest BCUT2D eigenvalue weighted by molar-refractivity contribution is 5.00. The molecule has 0 bridgehead atoms. The average Bonchev–Trinajstić information content (AvgIpc) is 2.16. The highest BCUT2D eigenvalue weighted by atomic mass is 16.3. The van der Waals surface area contributed by atoms with Gasteiger partial charge in [-0.15, -0.1) is 11.8 Å². The molecule has 0 aromatic rings. The minimum absolute atomic E-state index is 0.252. The van der Waals surface area contributed by atoms with Gasteiger partial charge in [0.25, 0.3) is 0 Å². The van der Waals surface area contributed by atoms with Gasteiger partial charge < -0.3 is 5.11 Å². The smallest absolute Gasteiger partial charge is 0.0672 e. The number of aliphatic hydroxyl groups excluding tert-OH is 1. The molecule has 0 heterocycles. The Labute approximate surface area is 88.9 Å². The zero-order valence-electron chi connectivity index (χ0n) is 9.84. The van der Waals surface area contributed by atoms with Crippen molar-refractivity contribution < 1.29 is 5.11 Å². The summed E-state index contributed by atoms with van der Waals surface area (Å²) in [7, 11) is 0. The first-order chi connectivity index (χ1) is 6.68. The molecule has 0 aliphatic heterocycles. The molecule has 0 saturated carbocycles. The van der Waals surface area contributed by atoms with E-state index >= 15 is 0 Å². The first-order valence-electron chi connectivity index (χ1n) is 5.82. The topological polar surface area (TPSA) is 20.2 Å². The molecule has 0 saturated heterocycles. The second kappa shape index (κ2) is 9.09. The average molecular weight is 196 g/mol. The largest absolute Gasteiger partial charge is 0.392 e. The maximum Gasteiger partial charge on any atom is 0.0672 e. The first-order valence-corrected chi connectivity index (χ1v) is 5.82. The van der Waals surface area contributed by atoms with Crippen molar-refractivity contribution in [3.8, 4) is 11.8 Å². The highest BCUT2D eigenvalue weighted by Crippen LogP contribution is 2.04. The van der Waals surface area contributed by atoms with Crippen molar-refractivity contribution in [3.05, 3.63) is 0 Å². The second-order valence-electron chi connectivity index (χ2n) is 4.18. The van der Waals surface area contributed by atoms with Gasteiger partial charge in [0.2, 0.25) is 0 Å². The molecule has 1 nitrogen and oxygen atoms in total. The highest BCUT2D eigenvalue weighted by Gasteiger charge is 2.05. The van der Waals surface area contributed by atoms with Crippen molar-refractivity contribution >= 4 is 0 Å². The molecule has 82 valence electrons. The van der Waals surface area contributed by atoms with E-state index < -0.39 is 0 Å². The molecule has 1 N–H and O–H groups in total. The molecular formula is C13H24O. The van der Waals surface area contributed by atoms with Crippen molar-refractivity contribution in [2.75, 3.05) is 0 Å². The van der Waals surface area contributed by atoms with Gasteiger partial charge in [-0.2, -0.15) is 0 Å². The third-order valence-corrected chi connectivity index (χ3v) is 2.36. The molecular weight excluding hydrogens is 172 g/mol. The first kappa shape index (κ1) is 13.5. The number of hydrogen-bond acceptors (Lipinski definition) is 1. The van der Waals surface area contributed by atoms with E-state index in [4.69, 9.17) is 0 Å². The van der Waals surface area contributed by atoms with Crippen molar-refractivity contribution in [2.45, 2.75) is 65.4 Å². The van der Waals surface area contributed by atoms with Gasteiger partial charge in [-0.05, 0) is 12.3 Å². The van der Waals surface area contributed by atoms with Crippen molar-refractivity contribution in [2.24, 2.45) is 5.92 Å². The maximum atomic E-state index is 9.46. The van der Waals surface area contributed by atoms with Crippen LogP contribution in [-0.2, 0) is 0 Å². The minimum atomic E-state index is -0.252. The molecule has 0 aliphatic carbocycles. The predicted molar refractivity (Wildman–Crippen MR) is 62.0 cm³/mol. The van der Waals surface area contributed by atoms with Crippen LogP contribution >= 0.6 is 0 Å². The lowest BCUT2D eigenvalue weighted by atomic mass is 10.0. The molecule has 0 aliphatic rings. The van der Waals surface area contributed by atoms with Crippen molar-refractivity contribution in [3.63, 3.8) is 0 Å². The summed E-state index contributed by atoms with van der Waals surface area (Å²) in [6.45, 7) is 6.26. The monoisotopic (exact) mass is 196 g/mol. The maximum absolute atomic E-state index is 9.46. The van der Waals surface area contributed by atoms with Crippen molar-refractivity contribution in [1.82, 2.24) is 0 Å². The summed E-state index contributed by atoms with van der Waals surface area (Å²) in [5.41, 5.74) is 0. The molecule has 0 radical (unpaired) electrons. The summed E-state index contributed by atoms with van der Waals surface area (Å²) in [5, 5.41) is 9.46. The number of rotatable bonds is 6. The van der Waals surface area contributed by atoms with Gasteiger partial charge >= 0.3 is 0 Å². The fourth-order valence-electron chi connectivity index (χ4n) is 1.14. The molecule has 0 amide bonds. The predicted octanol–water partition coefficient (Wildman–Crippen LogP) is 3.37. The number of aliphatic hydroxyl groups is 1. The van der Waals surface area contributed by atoms with Crippen LogP contribution in [-0.4, -0.2) is 11.2 Å². The third-order valence-electron chi connectivity index (χ3n) is 2.36. The van der Waals surface area contributed by atoms with E-state index in [0.717, 1.165) is 6.42 Å². The quantitative estimate of drug-likeness (QED) is 0.510. The van der Waals surface area contributed by atoms with Gasteiger partial charge in [0.15, 0.2) is 0 Å². The fraction of sp³-hybridized carbons (Fsp3) is 0.846. The van der Waals surface area contributed by atoms with Crippen LogP contribution in [0.3, 0.4) is 0 Å². The summed E-state index contributed by atoms with van der Waals surface area (Å²) in [6.07, 6.45) is 6.46. The summed E-state index contributed by atoms with van der Waals surface area (Å²) in [6, 6.07) is 0. The van der Waals surface area contributed by atoms with Crippen LogP contribution in [0.2, 0.25) is 0 Å². The number of hydrogen-bond donors (Lipinski definition) is 1. The van der Waals surface area contributed by atoms with E-state index in [9.17, 15) is 5.11 Å². The standard InChI is InChI=1S/C13H24O/c1-4-5-6-7-8-9-10-11-13(14)12(2)3/h12-14H,4-8,11H2,1-3H3. The summed E-state index contributed by atoms with van der Waals surface area (Å²) >= 11 is 0. The van der Waals surface area contributed by atoms with Gasteiger partial charge in [-0.25, -0.2) is 0 Å². The summed E-state index contributed by atoms with van der Waals surface area (Å²) in [5.74, 6) is 6.49. The van der Waals surface area contributed by atoms with Crippen LogP contribution in [0.1, 0.15) is 59.3 Å². The minimum Gasteiger partial charge on any atom is -0.392 e. The van der Waals surface area contributed by atoms with E-state index in [2.05, 4.69) is 18.8 Å². The Morgan fingerprint density at radius 3 is 2.36 bits per heavy atom. The van der Waals surface area contributed by atoms with Crippen LogP contribution < -0.4 is 0 Å². The van der Waals surface area contributed by atoms with E-state index in [0.29, 0.717) is 12.3 Å². The van der Waals surface area contributed by atoms with E-state index in [-0.39, 0.29) is 6.10 Å². The normalized spacial score (nSPS) is 12.4. The van der Waals surface area contributed by atoms with Crippen LogP contribution in [0, 0.1) is 17.8 Å². The Morgan fingerprint density at radius 2 is 1.79 bits per heavy atom. The Balaban J connectivity index is 3.35. The number of unbranched alkanes of at least 4 members (excludes halogenated alkanes) is 4. The van der Waals surface area contributed by atoms with E-state index in [1.54, 1.807) is 0 Å². The Hall–Kier alpha value is -0.480. The molecule has 0 rings (SSSR count). The van der Waals surface area contributed by atoms with Crippen LogP contribution in [0.4, 0.5) is 0 Å². The Morgan fingerprint density at radius 1 is 1.07 bits per heavy atom. The Bertz CT molecular complexity index is 173. The van der Waals surface area contributed by atoms with Crippen LogP contribution in [0.25, 0.3) is 0 Å². The third kappa shape index (κ3) is 8.13. The van der Waals surface area contributed by atoms with Gasteiger partial charge in [-0.1, -0.05) is 40.0 Å². The van der Waals surface area contributed by atoms with Gasteiger partial charge in [-0.3, -0.25) is 0 Å². The second-order valence-corrected chi connectivity index (χ2v) is 4.18. The molecule has 0 aromatic heterocycles. The summed E-state index contributed by atoms with van der Waals surface area (Å²) in [4.78, 5) is 0. The molecule has 0 spiro atoms. The Kier molecular flexibility index (Phi) is 8.78. The fourth-order valence-corrected chi connectivity index (χ4v) is 1.14. The molecule has 0 fully saturated rings. The molecule has 0 aromatic carbocycles. The summed E-state index contributed by atoms with van der Waals surface area (Å²) < 4.78 is 0. The lowest BCUT2D eigenvalue weighted by Crippen LogP contribution is -2.12. The zero-order valence-corrected chi connectivity index (χ0v) is 9.84. The van der Waals surface area contributed by atoms with Crippen LogP contribution in [0.5, 0.6) is 0 Å². The lowest BCUT2D eigenvalue weighted by molar-refractivity contribution is 0.130. The molecule has 1 unspecified atom stereocenters. The lowest BCUT2D eigenvalue weighted by Gasteiger charge is -2.09. The van der Waals surface area contributed by atoms with Gasteiger partial charge in [0, 0.05) is 12.8 Å². The van der Waals surface area contributed by atoms with E-state index in [1.165, 1.54) is 25.7 Å². The van der Waals surface area contributed by atoms with Gasteiger partial charge in [0.05, 0.1) is 6.10 Å². The van der Waals surface area contributed by atoms with Gasteiger partial charge in [0.1, 0.15) is 0 Å². The van der Waals surface area contributed by atoms with E-state index in [1.807, 2.05) is 13.8 Å². The molecule has 14 heavy (non-hydrogen) atoms. The molecule has 1 heteroatoms. The van der Waals surface area contributed by atoms with Crippen molar-refractivity contribution in [1.29, 1.82) is 0 Å². The van der Waals surface area contributed by atoms with Crippen LogP contribution in [0.15, 0.2) is 0 Å².